The number of anilines is 1. The lowest BCUT2D eigenvalue weighted by Crippen LogP contribution is -2.35. The number of thioether (sulfide) groups is 1. The molecule has 2 aliphatic heterocycles. The van der Waals surface area contributed by atoms with Crippen molar-refractivity contribution in [2.75, 3.05) is 30.3 Å². The second-order valence-corrected chi connectivity index (χ2v) is 7.40. The molecule has 0 spiro atoms. The zero-order valence-electron chi connectivity index (χ0n) is 13.6. The first kappa shape index (κ1) is 16.6. The fourth-order valence-corrected chi connectivity index (χ4v) is 3.80. The van der Waals surface area contributed by atoms with Gasteiger partial charge in [-0.05, 0) is 31.6 Å². The van der Waals surface area contributed by atoms with Gasteiger partial charge in [0.05, 0.1) is 18.4 Å². The lowest BCUT2D eigenvalue weighted by atomic mass is 10.00. The van der Waals surface area contributed by atoms with Gasteiger partial charge in [0.1, 0.15) is 0 Å². The third kappa shape index (κ3) is 4.17. The number of carbonyl (C=O) groups is 1. The van der Waals surface area contributed by atoms with E-state index in [1.807, 2.05) is 0 Å². The molecule has 128 valence electrons. The van der Waals surface area contributed by atoms with Gasteiger partial charge in [0.2, 0.25) is 11.9 Å². The van der Waals surface area contributed by atoms with Crippen LogP contribution in [0.2, 0.25) is 0 Å². The third-order valence-corrected chi connectivity index (χ3v) is 5.51. The summed E-state index contributed by atoms with van der Waals surface area (Å²) in [5.74, 6) is 1.56. The Kier molecular flexibility index (Phi) is 5.42. The predicted molar refractivity (Wildman–Crippen MR) is 89.5 cm³/mol. The Morgan fingerprint density at radius 3 is 2.78 bits per heavy atom. The standard InChI is InChI=1S/C15H25N5O2S/c1-11-4-6-19(7-5-11)14-17-18-15(23-10-13(16)21)20(14)9-12-3-2-8-22-12/h11-12H,2-10H2,1H3,(H2,16,21). The molecule has 1 unspecified atom stereocenters. The molecule has 1 atom stereocenters. The van der Waals surface area contributed by atoms with E-state index in [1.54, 1.807) is 0 Å². The average molecular weight is 339 g/mol. The van der Waals surface area contributed by atoms with Crippen molar-refractivity contribution >= 4 is 23.6 Å². The minimum absolute atomic E-state index is 0.210. The van der Waals surface area contributed by atoms with Gasteiger partial charge < -0.3 is 15.4 Å². The van der Waals surface area contributed by atoms with Crippen LogP contribution in [0.5, 0.6) is 0 Å². The second kappa shape index (κ2) is 7.53. The van der Waals surface area contributed by atoms with Crippen molar-refractivity contribution in [1.29, 1.82) is 0 Å². The minimum Gasteiger partial charge on any atom is -0.376 e. The summed E-state index contributed by atoms with van der Waals surface area (Å²) in [4.78, 5) is 13.4. The third-order valence-electron chi connectivity index (χ3n) is 4.52. The highest BCUT2D eigenvalue weighted by atomic mass is 32.2. The second-order valence-electron chi connectivity index (χ2n) is 6.45. The van der Waals surface area contributed by atoms with Crippen molar-refractivity contribution in [3.8, 4) is 0 Å². The maximum absolute atomic E-state index is 11.1. The zero-order chi connectivity index (χ0) is 16.2. The molecule has 1 aromatic heterocycles. The van der Waals surface area contributed by atoms with Crippen LogP contribution in [0.3, 0.4) is 0 Å². The maximum Gasteiger partial charge on any atom is 0.228 e. The fraction of sp³-hybridized carbons (Fsp3) is 0.800. The molecule has 0 aromatic carbocycles. The summed E-state index contributed by atoms with van der Waals surface area (Å²) in [7, 11) is 0. The number of carbonyl (C=O) groups excluding carboxylic acids is 1. The van der Waals surface area contributed by atoms with E-state index in [1.165, 1.54) is 24.6 Å². The van der Waals surface area contributed by atoms with Crippen LogP contribution in [0.25, 0.3) is 0 Å². The van der Waals surface area contributed by atoms with E-state index in [9.17, 15) is 4.79 Å². The number of ether oxygens (including phenoxy) is 1. The van der Waals surface area contributed by atoms with Gasteiger partial charge >= 0.3 is 0 Å². The van der Waals surface area contributed by atoms with E-state index >= 15 is 0 Å². The van der Waals surface area contributed by atoms with Crippen LogP contribution in [0.15, 0.2) is 5.16 Å². The Bertz CT molecular complexity index is 536. The van der Waals surface area contributed by atoms with Gasteiger partial charge in [-0.25, -0.2) is 0 Å². The number of piperidine rings is 1. The van der Waals surface area contributed by atoms with E-state index in [0.29, 0.717) is 0 Å². The number of rotatable bonds is 6. The molecule has 3 rings (SSSR count). The highest BCUT2D eigenvalue weighted by Gasteiger charge is 2.26. The predicted octanol–water partition coefficient (Wildman–Crippen LogP) is 1.27. The number of nitrogens with zero attached hydrogens (tertiary/aromatic N) is 4. The van der Waals surface area contributed by atoms with Gasteiger partial charge in [0.25, 0.3) is 0 Å². The van der Waals surface area contributed by atoms with Crippen LogP contribution < -0.4 is 10.6 Å². The van der Waals surface area contributed by atoms with Crippen molar-refractivity contribution in [2.45, 2.75) is 50.4 Å². The number of nitrogens with two attached hydrogens (primary N) is 1. The molecule has 2 fully saturated rings. The number of hydrogen-bond acceptors (Lipinski definition) is 6. The van der Waals surface area contributed by atoms with Gasteiger partial charge in [-0.1, -0.05) is 18.7 Å². The smallest absolute Gasteiger partial charge is 0.228 e. The Hall–Kier alpha value is -1.28. The summed E-state index contributed by atoms with van der Waals surface area (Å²) in [6, 6.07) is 0. The summed E-state index contributed by atoms with van der Waals surface area (Å²) in [5, 5.41) is 9.45. The fourth-order valence-electron chi connectivity index (χ4n) is 3.12. The zero-order valence-corrected chi connectivity index (χ0v) is 14.4. The van der Waals surface area contributed by atoms with Crippen LogP contribution in [0.1, 0.15) is 32.6 Å². The van der Waals surface area contributed by atoms with Crippen LogP contribution >= 0.6 is 11.8 Å². The topological polar surface area (TPSA) is 86.3 Å². The van der Waals surface area contributed by atoms with E-state index in [4.69, 9.17) is 10.5 Å². The number of primary amides is 1. The van der Waals surface area contributed by atoms with E-state index in [-0.39, 0.29) is 17.8 Å². The summed E-state index contributed by atoms with van der Waals surface area (Å²) in [6.07, 6.45) is 4.73. The van der Waals surface area contributed by atoms with Gasteiger partial charge in [-0.3, -0.25) is 9.36 Å². The average Bonchev–Trinajstić information content (AvgIpc) is 3.17. The Morgan fingerprint density at radius 2 is 2.13 bits per heavy atom. The highest BCUT2D eigenvalue weighted by molar-refractivity contribution is 7.99. The van der Waals surface area contributed by atoms with Crippen LogP contribution in [-0.4, -0.2) is 52.2 Å². The monoisotopic (exact) mass is 339 g/mol. The van der Waals surface area contributed by atoms with Crippen LogP contribution in [-0.2, 0) is 16.1 Å². The van der Waals surface area contributed by atoms with Crippen molar-refractivity contribution in [1.82, 2.24) is 14.8 Å². The van der Waals surface area contributed by atoms with Gasteiger partial charge in [-0.15, -0.1) is 10.2 Å². The molecule has 2 aliphatic rings. The van der Waals surface area contributed by atoms with Crippen molar-refractivity contribution < 1.29 is 9.53 Å². The Morgan fingerprint density at radius 1 is 1.35 bits per heavy atom. The molecule has 2 N–H and O–H groups in total. The van der Waals surface area contributed by atoms with Crippen molar-refractivity contribution in [2.24, 2.45) is 11.7 Å². The molecule has 1 amide bonds. The normalized spacial score (nSPS) is 22.7. The molecule has 0 saturated carbocycles. The molecule has 1 aromatic rings. The van der Waals surface area contributed by atoms with Crippen molar-refractivity contribution in [3.63, 3.8) is 0 Å². The van der Waals surface area contributed by atoms with E-state index in [0.717, 1.165) is 56.1 Å². The first-order valence-corrected chi connectivity index (χ1v) is 9.33. The minimum atomic E-state index is -0.338. The van der Waals surface area contributed by atoms with Gasteiger partial charge in [-0.2, -0.15) is 0 Å². The molecule has 7 nitrogen and oxygen atoms in total. The molecule has 0 radical (unpaired) electrons. The highest BCUT2D eigenvalue weighted by Crippen LogP contribution is 2.27. The molecule has 2 saturated heterocycles. The maximum atomic E-state index is 11.1. The van der Waals surface area contributed by atoms with Crippen molar-refractivity contribution in [3.05, 3.63) is 0 Å². The quantitative estimate of drug-likeness (QED) is 0.786. The van der Waals surface area contributed by atoms with Gasteiger partial charge in [0.15, 0.2) is 5.16 Å². The summed E-state index contributed by atoms with van der Waals surface area (Å²) >= 11 is 1.36. The first-order valence-electron chi connectivity index (χ1n) is 8.34. The SMILES string of the molecule is CC1CCN(c2nnc(SCC(N)=O)n2CC2CCCO2)CC1. The molecule has 23 heavy (non-hydrogen) atoms. The molecular formula is C15H25N5O2S. The number of hydrogen-bond donors (Lipinski definition) is 1. The summed E-state index contributed by atoms with van der Waals surface area (Å²) < 4.78 is 7.88. The number of amides is 1. The molecular weight excluding hydrogens is 314 g/mol. The first-order chi connectivity index (χ1) is 11.1. The van der Waals surface area contributed by atoms with Crippen LogP contribution in [0.4, 0.5) is 5.95 Å². The van der Waals surface area contributed by atoms with Gasteiger partial charge in [0, 0.05) is 19.7 Å². The molecule has 0 bridgehead atoms. The summed E-state index contributed by atoms with van der Waals surface area (Å²) in [6.45, 7) is 5.88. The molecule has 8 heteroatoms. The van der Waals surface area contributed by atoms with E-state index < -0.39 is 0 Å². The number of aromatic nitrogens is 3. The van der Waals surface area contributed by atoms with E-state index in [2.05, 4.69) is 26.6 Å². The Balaban J connectivity index is 1.77. The lowest BCUT2D eigenvalue weighted by molar-refractivity contribution is -0.115. The lowest BCUT2D eigenvalue weighted by Gasteiger charge is -2.31. The molecule has 0 aliphatic carbocycles. The Labute approximate surface area is 140 Å². The largest absolute Gasteiger partial charge is 0.376 e. The summed E-state index contributed by atoms with van der Waals surface area (Å²) in [5.41, 5.74) is 5.27. The van der Waals surface area contributed by atoms with Crippen LogP contribution in [0, 0.1) is 5.92 Å². The molecule has 3 heterocycles.